The van der Waals surface area contributed by atoms with Gasteiger partial charge >= 0.3 is 0 Å². The highest BCUT2D eigenvalue weighted by Crippen LogP contribution is 2.04. The second-order valence-electron chi connectivity index (χ2n) is 2.40. The van der Waals surface area contributed by atoms with Crippen molar-refractivity contribution in [2.45, 2.75) is 0 Å². The highest BCUT2D eigenvalue weighted by Gasteiger charge is 2.05. The average molecular weight is 200 g/mol. The van der Waals surface area contributed by atoms with Crippen LogP contribution in [0, 0.1) is 5.41 Å². The Labute approximate surface area is 81.5 Å². The molecular weight excluding hydrogens is 190 g/mol. The first-order valence-corrected chi connectivity index (χ1v) is 4.05. The quantitative estimate of drug-likeness (QED) is 0.673. The van der Waals surface area contributed by atoms with Crippen molar-refractivity contribution in [2.24, 2.45) is 4.99 Å². The van der Waals surface area contributed by atoms with Crippen molar-refractivity contribution in [2.75, 3.05) is 13.7 Å². The van der Waals surface area contributed by atoms with E-state index < -0.39 is 0 Å². The summed E-state index contributed by atoms with van der Waals surface area (Å²) in [6.07, 6.45) is 4.79. The largest absolute Gasteiger partial charge is 0.378 e. The Morgan fingerprint density at radius 1 is 1.85 bits per heavy atom. The van der Waals surface area contributed by atoms with E-state index in [9.17, 15) is 0 Å². The Kier molecular flexibility index (Phi) is 3.67. The maximum Gasteiger partial charge on any atom is 0.152 e. The van der Waals surface area contributed by atoms with Crippen LogP contribution < -0.4 is 5.32 Å². The summed E-state index contributed by atoms with van der Waals surface area (Å²) in [4.78, 5) is 3.86. The van der Waals surface area contributed by atoms with Gasteiger partial charge < -0.3 is 15.5 Å². The van der Waals surface area contributed by atoms with Crippen molar-refractivity contribution in [1.82, 2.24) is 5.32 Å². The summed E-state index contributed by atoms with van der Waals surface area (Å²) in [6.45, 7) is 0.263. The monoisotopic (exact) mass is 199 g/mol. The van der Waals surface area contributed by atoms with Gasteiger partial charge in [-0.05, 0) is 6.08 Å². The molecule has 0 aromatic rings. The van der Waals surface area contributed by atoms with Gasteiger partial charge in [0.2, 0.25) is 0 Å². The fourth-order valence-electron chi connectivity index (χ4n) is 0.831. The molecule has 1 heterocycles. The Morgan fingerprint density at radius 3 is 3.23 bits per heavy atom. The Balaban J connectivity index is 2.66. The minimum atomic E-state index is 0.263. The Hall–Kier alpha value is -1.13. The highest BCUT2D eigenvalue weighted by molar-refractivity contribution is 6.69. The van der Waals surface area contributed by atoms with E-state index in [2.05, 4.69) is 10.3 Å². The normalized spacial score (nSPS) is 18.3. The van der Waals surface area contributed by atoms with E-state index in [0.29, 0.717) is 16.6 Å². The molecule has 0 radical (unpaired) electrons. The van der Waals surface area contributed by atoms with Crippen LogP contribution in [0.3, 0.4) is 0 Å². The number of hydrogen-bond donors (Lipinski definition) is 2. The molecule has 0 atom stereocenters. The summed E-state index contributed by atoms with van der Waals surface area (Å²) in [6, 6.07) is 0. The molecule has 0 amide bonds. The van der Waals surface area contributed by atoms with Crippen LogP contribution in [0.1, 0.15) is 0 Å². The summed E-state index contributed by atoms with van der Waals surface area (Å²) in [5, 5.41) is 10.7. The molecule has 13 heavy (non-hydrogen) atoms. The molecule has 0 aliphatic carbocycles. The van der Waals surface area contributed by atoms with Crippen LogP contribution in [0.4, 0.5) is 0 Å². The lowest BCUT2D eigenvalue weighted by atomic mass is 10.3. The number of allylic oxidation sites excluding steroid dienone is 1. The van der Waals surface area contributed by atoms with Gasteiger partial charge in [-0.2, -0.15) is 0 Å². The number of halogens is 1. The topological polar surface area (TPSA) is 57.5 Å². The molecule has 4 nitrogen and oxygen atoms in total. The zero-order chi connectivity index (χ0) is 9.68. The van der Waals surface area contributed by atoms with Crippen LogP contribution in [-0.4, -0.2) is 24.6 Å². The van der Waals surface area contributed by atoms with Crippen molar-refractivity contribution in [3.63, 3.8) is 0 Å². The average Bonchev–Trinajstić information content (AvgIpc) is 2.09. The SMILES string of the molecule is COCC(=N)/C=C1\NC=CN=C1Cl. The van der Waals surface area contributed by atoms with Crippen molar-refractivity contribution in [1.29, 1.82) is 5.41 Å². The van der Waals surface area contributed by atoms with Gasteiger partial charge in [0.05, 0.1) is 18.0 Å². The fourth-order valence-corrected chi connectivity index (χ4v) is 0.997. The van der Waals surface area contributed by atoms with Crippen molar-refractivity contribution in [3.05, 3.63) is 24.2 Å². The number of ether oxygens (including phenoxy) is 1. The van der Waals surface area contributed by atoms with Crippen LogP contribution >= 0.6 is 11.6 Å². The van der Waals surface area contributed by atoms with Gasteiger partial charge in [0.1, 0.15) is 0 Å². The molecule has 0 bridgehead atoms. The molecule has 0 fully saturated rings. The van der Waals surface area contributed by atoms with Crippen LogP contribution in [0.2, 0.25) is 0 Å². The summed E-state index contributed by atoms with van der Waals surface area (Å²) in [7, 11) is 1.54. The van der Waals surface area contributed by atoms with Crippen LogP contribution in [0.25, 0.3) is 0 Å². The van der Waals surface area contributed by atoms with Gasteiger partial charge in [0, 0.05) is 19.5 Å². The molecule has 1 rings (SSSR count). The summed E-state index contributed by atoms with van der Waals surface area (Å²) >= 11 is 5.76. The Bertz CT molecular complexity index is 294. The van der Waals surface area contributed by atoms with Crippen molar-refractivity contribution < 1.29 is 4.74 Å². The molecule has 1 aliphatic heterocycles. The molecule has 70 valence electrons. The van der Waals surface area contributed by atoms with E-state index in [0.717, 1.165) is 0 Å². The fraction of sp³-hybridized carbons (Fsp3) is 0.250. The third-order valence-electron chi connectivity index (χ3n) is 1.34. The first kappa shape index (κ1) is 9.95. The van der Waals surface area contributed by atoms with Gasteiger partial charge in [-0.1, -0.05) is 11.6 Å². The summed E-state index contributed by atoms with van der Waals surface area (Å²) < 4.78 is 4.78. The maximum atomic E-state index is 7.44. The Morgan fingerprint density at radius 2 is 2.62 bits per heavy atom. The van der Waals surface area contributed by atoms with E-state index in [-0.39, 0.29) is 6.61 Å². The number of methoxy groups -OCH3 is 1. The van der Waals surface area contributed by atoms with Crippen molar-refractivity contribution >= 4 is 22.5 Å². The molecule has 2 N–H and O–H groups in total. The third-order valence-corrected chi connectivity index (χ3v) is 1.64. The second kappa shape index (κ2) is 4.79. The van der Waals surface area contributed by atoms with Crippen LogP contribution in [0.15, 0.2) is 29.2 Å². The first-order valence-electron chi connectivity index (χ1n) is 3.67. The van der Waals surface area contributed by atoms with Gasteiger partial charge in [0.15, 0.2) is 5.17 Å². The minimum absolute atomic E-state index is 0.263. The smallest absolute Gasteiger partial charge is 0.152 e. The van der Waals surface area contributed by atoms with Crippen LogP contribution in [-0.2, 0) is 4.74 Å². The maximum absolute atomic E-state index is 7.44. The first-order chi connectivity index (χ1) is 6.24. The predicted octanol–water partition coefficient (Wildman–Crippen LogP) is 1.25. The minimum Gasteiger partial charge on any atom is -0.378 e. The van der Waals surface area contributed by atoms with E-state index in [1.54, 1.807) is 18.5 Å². The van der Waals surface area contributed by atoms with E-state index in [4.69, 9.17) is 21.7 Å². The van der Waals surface area contributed by atoms with Crippen molar-refractivity contribution in [3.8, 4) is 0 Å². The molecule has 5 heteroatoms. The van der Waals surface area contributed by atoms with Gasteiger partial charge in [-0.15, -0.1) is 0 Å². The van der Waals surface area contributed by atoms with E-state index in [1.165, 1.54) is 7.11 Å². The summed E-state index contributed by atoms with van der Waals surface area (Å²) in [5.74, 6) is 0. The zero-order valence-corrected chi connectivity index (χ0v) is 7.93. The van der Waals surface area contributed by atoms with E-state index in [1.807, 2.05) is 0 Å². The second-order valence-corrected chi connectivity index (χ2v) is 2.75. The van der Waals surface area contributed by atoms with E-state index >= 15 is 0 Å². The molecule has 0 unspecified atom stereocenters. The molecule has 0 saturated heterocycles. The molecule has 0 aromatic heterocycles. The highest BCUT2D eigenvalue weighted by atomic mass is 35.5. The van der Waals surface area contributed by atoms with Gasteiger partial charge in [0.25, 0.3) is 0 Å². The number of rotatable bonds is 3. The molecule has 0 spiro atoms. The zero-order valence-electron chi connectivity index (χ0n) is 7.17. The lowest BCUT2D eigenvalue weighted by Crippen LogP contribution is -2.16. The lowest BCUT2D eigenvalue weighted by molar-refractivity contribution is 0.245. The molecule has 0 aromatic carbocycles. The number of nitrogens with zero attached hydrogens (tertiary/aromatic N) is 1. The lowest BCUT2D eigenvalue weighted by Gasteiger charge is -2.08. The van der Waals surface area contributed by atoms with Crippen LogP contribution in [0.5, 0.6) is 0 Å². The number of nitrogens with one attached hydrogen (secondary N) is 2. The molecular formula is C8H10ClN3O. The van der Waals surface area contributed by atoms with Gasteiger partial charge in [-0.25, -0.2) is 4.99 Å². The molecule has 0 saturated carbocycles. The standard InChI is InChI=1S/C8H10ClN3O/c1-13-5-6(10)4-7-8(9)12-3-2-11-7/h2-4,10-11H,5H2,1H3/b7-4-,10-6?. The molecule has 1 aliphatic rings. The summed E-state index contributed by atoms with van der Waals surface area (Å²) in [5.41, 5.74) is 0.958. The number of hydrogen-bond acceptors (Lipinski definition) is 4. The number of aliphatic imine (C=N–C) groups is 1. The third kappa shape index (κ3) is 3.01. The predicted molar refractivity (Wildman–Crippen MR) is 53.2 cm³/mol. The van der Waals surface area contributed by atoms with Gasteiger partial charge in [-0.3, -0.25) is 0 Å².